The SMILES string of the molecule is CC(=O)c1ccc2c(c1)N(CCC(=O)NC(C)(C)CO)C(=O)CO2. The lowest BCUT2D eigenvalue weighted by Gasteiger charge is -2.30. The van der Waals surface area contributed by atoms with Crippen LogP contribution in [0, 0.1) is 0 Å². The highest BCUT2D eigenvalue weighted by Crippen LogP contribution is 2.33. The van der Waals surface area contributed by atoms with Crippen molar-refractivity contribution in [1.82, 2.24) is 5.32 Å². The molecule has 0 aliphatic carbocycles. The summed E-state index contributed by atoms with van der Waals surface area (Å²) in [4.78, 5) is 37.1. The second-order valence-electron chi connectivity index (χ2n) is 6.41. The first-order valence-corrected chi connectivity index (χ1v) is 7.73. The highest BCUT2D eigenvalue weighted by molar-refractivity contribution is 6.01. The Morgan fingerprint density at radius 1 is 1.38 bits per heavy atom. The van der Waals surface area contributed by atoms with Crippen LogP contribution in [0.3, 0.4) is 0 Å². The van der Waals surface area contributed by atoms with Gasteiger partial charge in [-0.3, -0.25) is 14.4 Å². The van der Waals surface area contributed by atoms with Crippen molar-refractivity contribution in [2.75, 3.05) is 24.7 Å². The third-order valence-electron chi connectivity index (χ3n) is 3.74. The van der Waals surface area contributed by atoms with Gasteiger partial charge in [0.05, 0.1) is 17.8 Å². The average Bonchev–Trinajstić information content (AvgIpc) is 2.52. The first-order chi connectivity index (χ1) is 11.2. The van der Waals surface area contributed by atoms with E-state index in [1.807, 2.05) is 0 Å². The number of aliphatic hydroxyl groups excluding tert-OH is 1. The monoisotopic (exact) mass is 334 g/mol. The Morgan fingerprint density at radius 2 is 2.08 bits per heavy atom. The number of anilines is 1. The van der Waals surface area contributed by atoms with Crippen molar-refractivity contribution >= 4 is 23.3 Å². The fourth-order valence-corrected chi connectivity index (χ4v) is 2.36. The molecular formula is C17H22N2O5. The van der Waals surface area contributed by atoms with E-state index in [-0.39, 0.29) is 43.8 Å². The first kappa shape index (κ1) is 17.9. The van der Waals surface area contributed by atoms with Gasteiger partial charge < -0.3 is 20.1 Å². The maximum absolute atomic E-state index is 12.1. The summed E-state index contributed by atoms with van der Waals surface area (Å²) in [6.07, 6.45) is 0.0823. The molecule has 1 aliphatic heterocycles. The molecular weight excluding hydrogens is 312 g/mol. The molecule has 0 saturated heterocycles. The molecule has 24 heavy (non-hydrogen) atoms. The molecule has 0 radical (unpaired) electrons. The maximum atomic E-state index is 12.1. The maximum Gasteiger partial charge on any atom is 0.265 e. The van der Waals surface area contributed by atoms with E-state index in [4.69, 9.17) is 4.74 Å². The van der Waals surface area contributed by atoms with Gasteiger partial charge in [-0.25, -0.2) is 0 Å². The van der Waals surface area contributed by atoms with Gasteiger partial charge in [-0.1, -0.05) is 0 Å². The number of carbonyl (C=O) groups excluding carboxylic acids is 3. The molecule has 130 valence electrons. The minimum absolute atomic E-state index is 0.0823. The zero-order chi connectivity index (χ0) is 17.9. The van der Waals surface area contributed by atoms with E-state index in [1.54, 1.807) is 32.0 Å². The highest BCUT2D eigenvalue weighted by atomic mass is 16.5. The van der Waals surface area contributed by atoms with Crippen LogP contribution in [0.4, 0.5) is 5.69 Å². The second kappa shape index (κ2) is 7.00. The molecule has 0 bridgehead atoms. The number of rotatable bonds is 6. The molecule has 0 aromatic heterocycles. The minimum atomic E-state index is -0.716. The summed E-state index contributed by atoms with van der Waals surface area (Å²) in [5.74, 6) is -0.135. The van der Waals surface area contributed by atoms with Crippen molar-refractivity contribution in [3.63, 3.8) is 0 Å². The summed E-state index contributed by atoms with van der Waals surface area (Å²) < 4.78 is 5.37. The van der Waals surface area contributed by atoms with Crippen LogP contribution >= 0.6 is 0 Å². The van der Waals surface area contributed by atoms with Gasteiger partial charge in [0.15, 0.2) is 12.4 Å². The third-order valence-corrected chi connectivity index (χ3v) is 3.74. The van der Waals surface area contributed by atoms with Crippen molar-refractivity contribution in [1.29, 1.82) is 0 Å². The van der Waals surface area contributed by atoms with Crippen LogP contribution in [-0.4, -0.2) is 48.0 Å². The van der Waals surface area contributed by atoms with Crippen LogP contribution in [-0.2, 0) is 9.59 Å². The lowest BCUT2D eigenvalue weighted by molar-refractivity contribution is -0.123. The molecule has 0 saturated carbocycles. The number of Topliss-reactive ketones (excluding diaryl/α,β-unsaturated/α-hetero) is 1. The molecule has 1 heterocycles. The summed E-state index contributed by atoms with van der Waals surface area (Å²) >= 11 is 0. The van der Waals surface area contributed by atoms with Crippen molar-refractivity contribution < 1.29 is 24.2 Å². The van der Waals surface area contributed by atoms with Crippen LogP contribution in [0.15, 0.2) is 18.2 Å². The standard InChI is InChI=1S/C17H22N2O5/c1-11(21)12-4-5-14-13(8-12)19(16(23)9-24-14)7-6-15(22)18-17(2,3)10-20/h4-5,8,20H,6-7,9-10H2,1-3H3,(H,18,22). The van der Waals surface area contributed by atoms with Crippen molar-refractivity contribution in [2.24, 2.45) is 0 Å². The zero-order valence-electron chi connectivity index (χ0n) is 14.1. The number of ketones is 1. The highest BCUT2D eigenvalue weighted by Gasteiger charge is 2.27. The molecule has 0 spiro atoms. The molecule has 0 atom stereocenters. The van der Waals surface area contributed by atoms with E-state index >= 15 is 0 Å². The summed E-state index contributed by atoms with van der Waals surface area (Å²) in [5, 5.41) is 11.9. The topological polar surface area (TPSA) is 95.9 Å². The number of carbonyl (C=O) groups is 3. The van der Waals surface area contributed by atoms with E-state index < -0.39 is 5.54 Å². The number of fused-ring (bicyclic) bond motifs is 1. The summed E-state index contributed by atoms with van der Waals surface area (Å²) in [6.45, 7) is 4.75. The molecule has 7 heteroatoms. The lowest BCUT2D eigenvalue weighted by atomic mass is 10.1. The molecule has 2 rings (SSSR count). The second-order valence-corrected chi connectivity index (χ2v) is 6.41. The normalized spacial score (nSPS) is 14.0. The van der Waals surface area contributed by atoms with Gasteiger partial charge in [0.2, 0.25) is 5.91 Å². The number of hydrogen-bond acceptors (Lipinski definition) is 5. The van der Waals surface area contributed by atoms with E-state index in [0.29, 0.717) is 17.0 Å². The Morgan fingerprint density at radius 3 is 2.71 bits per heavy atom. The molecule has 0 unspecified atom stereocenters. The molecule has 1 aromatic rings. The number of ether oxygens (including phenoxy) is 1. The Kier molecular flexibility index (Phi) is 5.23. The van der Waals surface area contributed by atoms with E-state index in [9.17, 15) is 19.5 Å². The van der Waals surface area contributed by atoms with E-state index in [2.05, 4.69) is 5.32 Å². The first-order valence-electron chi connectivity index (χ1n) is 7.73. The molecule has 1 aliphatic rings. The summed E-state index contributed by atoms with van der Waals surface area (Å²) in [5.41, 5.74) is 0.252. The number of benzene rings is 1. The Hall–Kier alpha value is -2.41. The number of amides is 2. The van der Waals surface area contributed by atoms with Gasteiger partial charge in [0, 0.05) is 18.5 Å². The van der Waals surface area contributed by atoms with Crippen LogP contribution in [0.2, 0.25) is 0 Å². The molecule has 2 N–H and O–H groups in total. The van der Waals surface area contributed by atoms with Crippen LogP contribution in [0.1, 0.15) is 37.6 Å². The lowest BCUT2D eigenvalue weighted by Crippen LogP contribution is -2.48. The Balaban J connectivity index is 2.13. The zero-order valence-corrected chi connectivity index (χ0v) is 14.1. The predicted molar refractivity (Wildman–Crippen MR) is 88.2 cm³/mol. The number of nitrogens with zero attached hydrogens (tertiary/aromatic N) is 1. The van der Waals surface area contributed by atoms with Crippen LogP contribution < -0.4 is 15.0 Å². The average molecular weight is 334 g/mol. The quantitative estimate of drug-likeness (QED) is 0.753. The third kappa shape index (κ3) is 4.11. The minimum Gasteiger partial charge on any atom is -0.482 e. The van der Waals surface area contributed by atoms with Crippen LogP contribution in [0.25, 0.3) is 0 Å². The smallest absolute Gasteiger partial charge is 0.265 e. The van der Waals surface area contributed by atoms with Crippen molar-refractivity contribution in [3.8, 4) is 5.75 Å². The predicted octanol–water partition coefficient (Wildman–Crippen LogP) is 0.892. The molecule has 1 aromatic carbocycles. The van der Waals surface area contributed by atoms with Gasteiger partial charge in [0.1, 0.15) is 5.75 Å². The fraction of sp³-hybridized carbons (Fsp3) is 0.471. The largest absolute Gasteiger partial charge is 0.482 e. The van der Waals surface area contributed by atoms with E-state index in [0.717, 1.165) is 0 Å². The number of hydrogen-bond donors (Lipinski definition) is 2. The van der Waals surface area contributed by atoms with Gasteiger partial charge in [-0.2, -0.15) is 0 Å². The van der Waals surface area contributed by atoms with E-state index in [1.165, 1.54) is 11.8 Å². The molecule has 2 amide bonds. The van der Waals surface area contributed by atoms with Crippen LogP contribution in [0.5, 0.6) is 5.75 Å². The summed E-state index contributed by atoms with van der Waals surface area (Å²) in [7, 11) is 0. The number of aliphatic hydroxyl groups is 1. The number of nitrogens with one attached hydrogen (secondary N) is 1. The Labute approximate surface area is 140 Å². The Bertz CT molecular complexity index is 669. The fourth-order valence-electron chi connectivity index (χ4n) is 2.36. The van der Waals surface area contributed by atoms with Gasteiger partial charge in [-0.05, 0) is 39.0 Å². The molecule has 0 fully saturated rings. The van der Waals surface area contributed by atoms with Crippen molar-refractivity contribution in [2.45, 2.75) is 32.7 Å². The molecule has 7 nitrogen and oxygen atoms in total. The van der Waals surface area contributed by atoms with Crippen molar-refractivity contribution in [3.05, 3.63) is 23.8 Å². The van der Waals surface area contributed by atoms with Gasteiger partial charge in [0.25, 0.3) is 5.91 Å². The van der Waals surface area contributed by atoms with Gasteiger partial charge >= 0.3 is 0 Å². The summed E-state index contributed by atoms with van der Waals surface area (Å²) in [6, 6.07) is 4.90. The van der Waals surface area contributed by atoms with Gasteiger partial charge in [-0.15, -0.1) is 0 Å².